The summed E-state index contributed by atoms with van der Waals surface area (Å²) in [6.07, 6.45) is 3.44. The quantitative estimate of drug-likeness (QED) is 0.550. The summed E-state index contributed by atoms with van der Waals surface area (Å²) in [6.45, 7) is 7.34. The van der Waals surface area contributed by atoms with E-state index in [2.05, 4.69) is 20.8 Å². The number of hydrogen-bond acceptors (Lipinski definition) is 4. The van der Waals surface area contributed by atoms with Gasteiger partial charge in [0, 0.05) is 11.5 Å². The van der Waals surface area contributed by atoms with E-state index in [4.69, 9.17) is 16.3 Å². The van der Waals surface area contributed by atoms with Crippen LogP contribution in [0.2, 0.25) is 0 Å². The second-order valence-corrected chi connectivity index (χ2v) is 13.7. The molecule has 0 aliphatic rings. The van der Waals surface area contributed by atoms with Crippen molar-refractivity contribution in [3.63, 3.8) is 0 Å². The van der Waals surface area contributed by atoms with Crippen molar-refractivity contribution in [3.05, 3.63) is 0 Å². The standard InChI is InChI=1S/C9H21OPS3/c1-4-7-10-11(12,13-8-5-2)14-9-6-3/h4-9H2,1-3H3. The van der Waals surface area contributed by atoms with Gasteiger partial charge in [0.05, 0.1) is 6.61 Å². The van der Waals surface area contributed by atoms with Crippen molar-refractivity contribution in [2.75, 3.05) is 18.1 Å². The van der Waals surface area contributed by atoms with Crippen LogP contribution in [0.15, 0.2) is 0 Å². The zero-order chi connectivity index (χ0) is 10.9. The first-order valence-corrected chi connectivity index (χ1v) is 11.1. The van der Waals surface area contributed by atoms with Crippen LogP contribution in [0.5, 0.6) is 0 Å². The molecule has 0 N–H and O–H groups in total. The molecule has 0 radical (unpaired) electrons. The predicted molar refractivity (Wildman–Crippen MR) is 76.0 cm³/mol. The fraction of sp³-hybridized carbons (Fsp3) is 1.00. The molecule has 0 bridgehead atoms. The van der Waals surface area contributed by atoms with E-state index in [-0.39, 0.29) is 0 Å². The van der Waals surface area contributed by atoms with E-state index in [0.717, 1.165) is 24.5 Å². The highest BCUT2D eigenvalue weighted by molar-refractivity contribution is 8.99. The summed E-state index contributed by atoms with van der Waals surface area (Å²) in [4.78, 5) is 0. The molecule has 0 amide bonds. The van der Waals surface area contributed by atoms with Gasteiger partial charge in [-0.3, -0.25) is 0 Å². The molecule has 0 spiro atoms. The van der Waals surface area contributed by atoms with Crippen LogP contribution < -0.4 is 0 Å². The first kappa shape index (κ1) is 15.3. The van der Waals surface area contributed by atoms with Crippen molar-refractivity contribution in [1.29, 1.82) is 0 Å². The van der Waals surface area contributed by atoms with Crippen LogP contribution >= 0.6 is 27.4 Å². The largest absolute Gasteiger partial charge is 0.334 e. The highest BCUT2D eigenvalue weighted by Gasteiger charge is 2.17. The third-order valence-electron chi connectivity index (χ3n) is 1.36. The fourth-order valence-electron chi connectivity index (χ4n) is 0.721. The highest BCUT2D eigenvalue weighted by Crippen LogP contribution is 2.70. The van der Waals surface area contributed by atoms with Gasteiger partial charge in [0.2, 0.25) is 0 Å². The minimum Gasteiger partial charge on any atom is -0.334 e. The van der Waals surface area contributed by atoms with Crippen molar-refractivity contribution < 1.29 is 4.52 Å². The van der Waals surface area contributed by atoms with Crippen LogP contribution in [0.1, 0.15) is 40.0 Å². The van der Waals surface area contributed by atoms with E-state index in [1.54, 1.807) is 0 Å². The molecular weight excluding hydrogens is 251 g/mol. The Morgan fingerprint density at radius 2 is 1.50 bits per heavy atom. The average molecular weight is 272 g/mol. The van der Waals surface area contributed by atoms with Gasteiger partial charge in [0.1, 0.15) is 0 Å². The lowest BCUT2D eigenvalue weighted by Crippen LogP contribution is -1.88. The third kappa shape index (κ3) is 7.58. The van der Waals surface area contributed by atoms with E-state index in [1.807, 2.05) is 22.8 Å². The molecule has 0 atom stereocenters. The maximum atomic E-state index is 5.83. The van der Waals surface area contributed by atoms with E-state index in [9.17, 15) is 0 Å². The Balaban J connectivity index is 3.97. The van der Waals surface area contributed by atoms with Gasteiger partial charge in [-0.05, 0) is 31.1 Å². The molecular formula is C9H21OPS3. The molecule has 0 aromatic carbocycles. The second-order valence-electron chi connectivity index (χ2n) is 2.95. The molecule has 86 valence electrons. The third-order valence-corrected chi connectivity index (χ3v) is 11.4. The monoisotopic (exact) mass is 272 g/mol. The fourth-order valence-corrected chi connectivity index (χ4v) is 9.30. The van der Waals surface area contributed by atoms with Crippen LogP contribution in [0, 0.1) is 0 Å². The Bertz CT molecular complexity index is 147. The van der Waals surface area contributed by atoms with Crippen molar-refractivity contribution in [1.82, 2.24) is 0 Å². The van der Waals surface area contributed by atoms with Gasteiger partial charge in [-0.15, -0.1) is 0 Å². The lowest BCUT2D eigenvalue weighted by molar-refractivity contribution is 0.365. The summed E-state index contributed by atoms with van der Waals surface area (Å²) < 4.78 is 4.23. The normalized spacial score (nSPS) is 11.9. The number of rotatable bonds is 9. The van der Waals surface area contributed by atoms with Crippen LogP contribution in [-0.2, 0) is 16.3 Å². The van der Waals surface area contributed by atoms with Gasteiger partial charge < -0.3 is 4.52 Å². The summed E-state index contributed by atoms with van der Waals surface area (Å²) in [5.74, 6) is 2.27. The molecule has 0 aliphatic carbocycles. The summed E-state index contributed by atoms with van der Waals surface area (Å²) >= 11 is 9.35. The Morgan fingerprint density at radius 1 is 1.00 bits per heavy atom. The molecule has 0 rings (SSSR count). The van der Waals surface area contributed by atoms with Gasteiger partial charge in [0.15, 0.2) is 4.67 Å². The molecule has 0 aliphatic heterocycles. The molecule has 5 heteroatoms. The maximum Gasteiger partial charge on any atom is 0.174 e. The Labute approximate surface area is 102 Å². The molecule has 0 unspecified atom stereocenters. The minimum atomic E-state index is -1.60. The smallest absolute Gasteiger partial charge is 0.174 e. The van der Waals surface area contributed by atoms with E-state index >= 15 is 0 Å². The zero-order valence-corrected chi connectivity index (χ0v) is 12.7. The van der Waals surface area contributed by atoms with Crippen LogP contribution in [0.4, 0.5) is 0 Å². The molecule has 0 fully saturated rings. The Morgan fingerprint density at radius 3 is 1.86 bits per heavy atom. The van der Waals surface area contributed by atoms with E-state index < -0.39 is 4.67 Å². The van der Waals surface area contributed by atoms with E-state index in [1.165, 1.54) is 12.8 Å². The van der Waals surface area contributed by atoms with Crippen molar-refractivity contribution in [2.45, 2.75) is 40.0 Å². The summed E-state index contributed by atoms with van der Waals surface area (Å²) in [6, 6.07) is 0. The second kappa shape index (κ2) is 9.53. The van der Waals surface area contributed by atoms with E-state index in [0.29, 0.717) is 0 Å². The molecule has 0 saturated carbocycles. The van der Waals surface area contributed by atoms with Gasteiger partial charge in [-0.1, -0.05) is 43.5 Å². The summed E-state index contributed by atoms with van der Waals surface area (Å²) in [7, 11) is 0. The SMILES string of the molecule is CCCOP(=S)(SCCC)SCCC. The van der Waals surface area contributed by atoms with Crippen LogP contribution in [-0.4, -0.2) is 18.1 Å². The first-order chi connectivity index (χ1) is 6.68. The Kier molecular flexibility index (Phi) is 10.4. The van der Waals surface area contributed by atoms with Gasteiger partial charge in [-0.2, -0.15) is 0 Å². The maximum absolute atomic E-state index is 5.83. The number of hydrogen-bond donors (Lipinski definition) is 0. The van der Waals surface area contributed by atoms with Gasteiger partial charge >= 0.3 is 0 Å². The van der Waals surface area contributed by atoms with Gasteiger partial charge in [-0.25, -0.2) is 0 Å². The van der Waals surface area contributed by atoms with Crippen LogP contribution in [0.25, 0.3) is 0 Å². The zero-order valence-electron chi connectivity index (χ0n) is 9.32. The van der Waals surface area contributed by atoms with Crippen molar-refractivity contribution in [2.24, 2.45) is 0 Å². The van der Waals surface area contributed by atoms with Crippen LogP contribution in [0.3, 0.4) is 0 Å². The molecule has 0 heterocycles. The lowest BCUT2D eigenvalue weighted by Gasteiger charge is -2.20. The first-order valence-electron chi connectivity index (χ1n) is 5.22. The summed E-state index contributed by atoms with van der Waals surface area (Å²) in [5, 5.41) is 0. The summed E-state index contributed by atoms with van der Waals surface area (Å²) in [5.41, 5.74) is 0. The van der Waals surface area contributed by atoms with Crippen molar-refractivity contribution in [3.8, 4) is 0 Å². The molecule has 0 saturated heterocycles. The molecule has 14 heavy (non-hydrogen) atoms. The molecule has 0 aromatic rings. The Hall–Kier alpha value is 1.31. The van der Waals surface area contributed by atoms with Gasteiger partial charge in [0.25, 0.3) is 0 Å². The molecule has 1 nitrogen and oxygen atoms in total. The lowest BCUT2D eigenvalue weighted by atomic mass is 10.5. The van der Waals surface area contributed by atoms with Crippen molar-refractivity contribution >= 4 is 39.2 Å². The highest BCUT2D eigenvalue weighted by atomic mass is 33.2. The molecule has 0 aromatic heterocycles. The average Bonchev–Trinajstić information content (AvgIpc) is 2.21. The topological polar surface area (TPSA) is 9.23 Å². The minimum absolute atomic E-state index is 0.824. The predicted octanol–water partition coefficient (Wildman–Crippen LogP) is 4.92.